The smallest absolute Gasteiger partial charge is 0.339 e. The number of benzene rings is 1. The summed E-state index contributed by atoms with van der Waals surface area (Å²) in [5, 5.41) is 8.82. The normalized spacial score (nSPS) is 11.2. The predicted molar refractivity (Wildman–Crippen MR) is 76.6 cm³/mol. The average molecular weight is 333 g/mol. The van der Waals surface area contributed by atoms with Crippen LogP contribution in [0.15, 0.2) is 36.1 Å². The summed E-state index contributed by atoms with van der Waals surface area (Å²) in [7, 11) is -0.272. The van der Waals surface area contributed by atoms with E-state index in [0.717, 1.165) is 20.3 Å². The molecule has 0 amide bonds. The SMILES string of the molecule is COP(=O)([O-])OC.COc1ccc(OC(=O)/C=C(/C)O)cc1. The van der Waals surface area contributed by atoms with E-state index in [1.807, 2.05) is 0 Å². The van der Waals surface area contributed by atoms with Crippen LogP contribution in [0.3, 0.4) is 0 Å². The van der Waals surface area contributed by atoms with Crippen molar-refractivity contribution in [2.24, 2.45) is 0 Å². The van der Waals surface area contributed by atoms with E-state index in [2.05, 4.69) is 9.05 Å². The molecule has 0 bridgehead atoms. The van der Waals surface area contributed by atoms with Gasteiger partial charge in [0.2, 0.25) is 0 Å². The second-order valence-electron chi connectivity index (χ2n) is 3.69. The fourth-order valence-electron chi connectivity index (χ4n) is 1.03. The van der Waals surface area contributed by atoms with Crippen molar-refractivity contribution in [2.45, 2.75) is 6.92 Å². The number of rotatable bonds is 5. The van der Waals surface area contributed by atoms with Crippen molar-refractivity contribution < 1.29 is 37.9 Å². The largest absolute Gasteiger partial charge is 0.756 e. The van der Waals surface area contributed by atoms with Crippen LogP contribution in [0.25, 0.3) is 0 Å². The van der Waals surface area contributed by atoms with Crippen LogP contribution < -0.4 is 14.4 Å². The topological polar surface area (TPSA) is 114 Å². The van der Waals surface area contributed by atoms with Gasteiger partial charge in [-0.1, -0.05) is 0 Å². The minimum absolute atomic E-state index is 0.0893. The summed E-state index contributed by atoms with van der Waals surface area (Å²) >= 11 is 0. The van der Waals surface area contributed by atoms with Crippen molar-refractivity contribution in [3.63, 3.8) is 0 Å². The van der Waals surface area contributed by atoms with Crippen LogP contribution in [-0.2, 0) is 18.4 Å². The van der Waals surface area contributed by atoms with E-state index in [1.165, 1.54) is 6.92 Å². The molecule has 0 radical (unpaired) electrons. The summed E-state index contributed by atoms with van der Waals surface area (Å²) < 4.78 is 27.5. The zero-order chi connectivity index (χ0) is 17.2. The van der Waals surface area contributed by atoms with Crippen LogP contribution in [0, 0.1) is 0 Å². The Bertz CT molecular complexity index is 525. The highest BCUT2D eigenvalue weighted by Gasteiger charge is 2.01. The van der Waals surface area contributed by atoms with Crippen molar-refractivity contribution in [1.82, 2.24) is 0 Å². The summed E-state index contributed by atoms with van der Waals surface area (Å²) in [6.07, 6.45) is 1.00. The van der Waals surface area contributed by atoms with Gasteiger partial charge in [-0.3, -0.25) is 4.57 Å². The van der Waals surface area contributed by atoms with Crippen LogP contribution >= 0.6 is 7.82 Å². The first-order chi connectivity index (χ1) is 10.2. The predicted octanol–water partition coefficient (Wildman–Crippen LogP) is 1.81. The molecule has 0 heterocycles. The second kappa shape index (κ2) is 9.97. The van der Waals surface area contributed by atoms with Gasteiger partial charge < -0.3 is 28.5 Å². The Morgan fingerprint density at radius 2 is 1.59 bits per heavy atom. The Kier molecular flexibility index (Phi) is 9.12. The molecule has 0 atom stereocenters. The fraction of sp³-hybridized carbons (Fsp3) is 0.308. The summed E-state index contributed by atoms with van der Waals surface area (Å²) in [6.45, 7) is 1.40. The van der Waals surface area contributed by atoms with E-state index < -0.39 is 13.8 Å². The molecule has 0 unspecified atom stereocenters. The number of ether oxygens (including phenoxy) is 2. The molecule has 0 saturated carbocycles. The minimum Gasteiger partial charge on any atom is -0.756 e. The lowest BCUT2D eigenvalue weighted by Crippen LogP contribution is -2.04. The number of phosphoric ester groups is 1. The first kappa shape index (κ1) is 20.1. The molecule has 1 aromatic carbocycles. The molecule has 0 aromatic heterocycles. The molecule has 0 aliphatic carbocycles. The van der Waals surface area contributed by atoms with Gasteiger partial charge in [0, 0.05) is 14.2 Å². The van der Waals surface area contributed by atoms with Gasteiger partial charge in [-0.15, -0.1) is 0 Å². The number of carbonyl (C=O) groups excluding carboxylic acids is 1. The maximum atomic E-state index is 11.1. The molecule has 1 rings (SSSR count). The van der Waals surface area contributed by atoms with E-state index in [9.17, 15) is 14.3 Å². The van der Waals surface area contributed by atoms with Gasteiger partial charge in [0.1, 0.15) is 11.5 Å². The van der Waals surface area contributed by atoms with Gasteiger partial charge in [0.25, 0.3) is 7.82 Å². The highest BCUT2D eigenvalue weighted by atomic mass is 31.2. The van der Waals surface area contributed by atoms with Crippen LogP contribution in [0.5, 0.6) is 11.5 Å². The number of methoxy groups -OCH3 is 1. The number of aliphatic hydroxyl groups excluding tert-OH is 1. The minimum atomic E-state index is -3.90. The van der Waals surface area contributed by atoms with Crippen molar-refractivity contribution in [3.8, 4) is 11.5 Å². The molecule has 0 spiro atoms. The van der Waals surface area contributed by atoms with Gasteiger partial charge in [-0.25, -0.2) is 4.79 Å². The van der Waals surface area contributed by atoms with Gasteiger partial charge in [0.05, 0.1) is 18.9 Å². The molecule has 9 heteroatoms. The number of hydrogen-bond acceptors (Lipinski definition) is 8. The Balaban J connectivity index is 0.000000534. The molecule has 1 aromatic rings. The molecule has 124 valence electrons. The molecular weight excluding hydrogens is 315 g/mol. The maximum Gasteiger partial charge on any atom is 0.339 e. The summed E-state index contributed by atoms with van der Waals surface area (Å²) in [5.74, 6) is 0.385. The third-order valence-corrected chi connectivity index (χ3v) is 2.95. The monoisotopic (exact) mass is 333 g/mol. The molecular formula is C13H18O8P-. The van der Waals surface area contributed by atoms with Crippen molar-refractivity contribution in [1.29, 1.82) is 0 Å². The Morgan fingerprint density at radius 3 is 1.91 bits per heavy atom. The van der Waals surface area contributed by atoms with Crippen molar-refractivity contribution >= 4 is 13.8 Å². The lowest BCUT2D eigenvalue weighted by atomic mass is 10.3. The van der Waals surface area contributed by atoms with E-state index in [1.54, 1.807) is 31.4 Å². The van der Waals surface area contributed by atoms with Crippen LogP contribution in [0.4, 0.5) is 0 Å². The molecule has 1 N–H and O–H groups in total. The molecule has 0 aliphatic rings. The van der Waals surface area contributed by atoms with Gasteiger partial charge >= 0.3 is 5.97 Å². The number of phosphoric acid groups is 1. The Labute approximate surface area is 128 Å². The average Bonchev–Trinajstić information content (AvgIpc) is 2.48. The molecule has 8 nitrogen and oxygen atoms in total. The fourth-order valence-corrected chi connectivity index (χ4v) is 1.18. The number of allylic oxidation sites excluding steroid dienone is 1. The number of hydrogen-bond donors (Lipinski definition) is 1. The second-order valence-corrected chi connectivity index (χ2v) is 5.32. The maximum absolute atomic E-state index is 11.1. The van der Waals surface area contributed by atoms with Crippen molar-refractivity contribution in [3.05, 3.63) is 36.1 Å². The van der Waals surface area contributed by atoms with E-state index in [0.29, 0.717) is 11.5 Å². The quantitative estimate of drug-likeness (QED) is 0.285. The number of aliphatic hydroxyl groups is 1. The zero-order valence-electron chi connectivity index (χ0n) is 12.6. The molecule has 0 saturated heterocycles. The summed E-state index contributed by atoms with van der Waals surface area (Å²) in [6, 6.07) is 6.57. The number of carbonyl (C=O) groups is 1. The number of esters is 1. The highest BCUT2D eigenvalue weighted by molar-refractivity contribution is 7.45. The first-order valence-electron chi connectivity index (χ1n) is 5.89. The molecule has 22 heavy (non-hydrogen) atoms. The highest BCUT2D eigenvalue weighted by Crippen LogP contribution is 2.34. The lowest BCUT2D eigenvalue weighted by molar-refractivity contribution is -0.220. The Hall–Kier alpha value is -1.86. The third-order valence-electron chi connectivity index (χ3n) is 2.05. The van der Waals surface area contributed by atoms with Crippen LogP contribution in [-0.4, -0.2) is 32.4 Å². The van der Waals surface area contributed by atoms with E-state index in [-0.39, 0.29) is 5.76 Å². The summed E-state index contributed by atoms with van der Waals surface area (Å²) in [5.41, 5.74) is 0. The Morgan fingerprint density at radius 1 is 1.14 bits per heavy atom. The molecule has 0 aliphatic heterocycles. The first-order valence-corrected chi connectivity index (χ1v) is 7.35. The van der Waals surface area contributed by atoms with Crippen molar-refractivity contribution in [2.75, 3.05) is 21.3 Å². The lowest BCUT2D eigenvalue weighted by Gasteiger charge is -2.16. The zero-order valence-corrected chi connectivity index (χ0v) is 13.5. The van der Waals surface area contributed by atoms with Gasteiger partial charge in [-0.2, -0.15) is 0 Å². The third kappa shape index (κ3) is 9.15. The van der Waals surface area contributed by atoms with Gasteiger partial charge in [0.15, 0.2) is 0 Å². The van der Waals surface area contributed by atoms with E-state index in [4.69, 9.17) is 14.6 Å². The summed E-state index contributed by atoms with van der Waals surface area (Å²) in [4.78, 5) is 21.0. The standard InChI is InChI=1S/C11H12O4.C2H7O4P/c1-8(12)7-11(13)15-10-5-3-9(14-2)4-6-10;1-5-7(3,4)6-2/h3-7,12H,1-2H3;1-2H3,(H,3,4)/p-1/b8-7-;. The van der Waals surface area contributed by atoms with Crippen LogP contribution in [0.1, 0.15) is 6.92 Å². The van der Waals surface area contributed by atoms with E-state index >= 15 is 0 Å². The van der Waals surface area contributed by atoms with Gasteiger partial charge in [-0.05, 0) is 31.2 Å². The molecule has 0 fully saturated rings. The van der Waals surface area contributed by atoms with Crippen LogP contribution in [0.2, 0.25) is 0 Å².